The molecule has 3 heterocycles. The number of carbonyl (C=O) groups is 2. The molecule has 114 valence electrons. The summed E-state index contributed by atoms with van der Waals surface area (Å²) < 4.78 is 5.73. The van der Waals surface area contributed by atoms with Crippen LogP contribution in [-0.4, -0.2) is 70.5 Å². The molecule has 1 aromatic rings. The van der Waals surface area contributed by atoms with Crippen LogP contribution >= 0.6 is 0 Å². The van der Waals surface area contributed by atoms with Gasteiger partial charge >= 0.3 is 0 Å². The summed E-state index contributed by atoms with van der Waals surface area (Å²) in [6.07, 6.45) is 2.23. The van der Waals surface area contributed by atoms with Gasteiger partial charge in [0.2, 0.25) is 11.8 Å². The second kappa shape index (κ2) is 5.48. The predicted molar refractivity (Wildman–Crippen MR) is 74.5 cm³/mol. The Kier molecular flexibility index (Phi) is 3.67. The Morgan fingerprint density at radius 1 is 1.52 bits per heavy atom. The smallest absolute Gasteiger partial charge is 0.228 e. The molecule has 0 bridgehead atoms. The number of fused-ring (bicyclic) bond motifs is 1. The summed E-state index contributed by atoms with van der Waals surface area (Å²) in [7, 11) is 1.79. The predicted octanol–water partition coefficient (Wildman–Crippen LogP) is -0.281. The van der Waals surface area contributed by atoms with Crippen LogP contribution in [0.4, 0.5) is 0 Å². The van der Waals surface area contributed by atoms with Gasteiger partial charge in [-0.1, -0.05) is 0 Å². The molecule has 0 saturated carbocycles. The molecule has 0 spiro atoms. The van der Waals surface area contributed by atoms with Crippen LogP contribution in [-0.2, 0) is 20.7 Å². The zero-order valence-corrected chi connectivity index (χ0v) is 12.3. The Hall–Kier alpha value is -1.89. The van der Waals surface area contributed by atoms with Crippen LogP contribution in [0.5, 0.6) is 0 Å². The van der Waals surface area contributed by atoms with E-state index in [4.69, 9.17) is 4.74 Å². The van der Waals surface area contributed by atoms with E-state index in [0.29, 0.717) is 26.1 Å². The molecule has 2 saturated heterocycles. The molecular formula is C14H20N4O3. The highest BCUT2D eigenvalue weighted by molar-refractivity contribution is 5.80. The number of nitrogens with zero attached hydrogens (tertiary/aromatic N) is 3. The summed E-state index contributed by atoms with van der Waals surface area (Å²) in [5, 5.41) is 0. The van der Waals surface area contributed by atoms with Gasteiger partial charge in [0.15, 0.2) is 0 Å². The van der Waals surface area contributed by atoms with Gasteiger partial charge in [-0.05, 0) is 6.92 Å². The van der Waals surface area contributed by atoms with Crippen LogP contribution in [0.1, 0.15) is 17.8 Å². The van der Waals surface area contributed by atoms with Crippen molar-refractivity contribution < 1.29 is 14.3 Å². The van der Waals surface area contributed by atoms with E-state index in [-0.39, 0.29) is 30.4 Å². The molecule has 2 aliphatic rings. The van der Waals surface area contributed by atoms with Crippen molar-refractivity contribution >= 4 is 11.8 Å². The Morgan fingerprint density at radius 3 is 3.05 bits per heavy atom. The number of aromatic amines is 1. The topological polar surface area (TPSA) is 78.5 Å². The maximum atomic E-state index is 12.4. The molecule has 0 unspecified atom stereocenters. The van der Waals surface area contributed by atoms with Gasteiger partial charge in [0.1, 0.15) is 0 Å². The molecule has 0 aliphatic carbocycles. The van der Waals surface area contributed by atoms with E-state index in [9.17, 15) is 9.59 Å². The molecule has 2 aliphatic heterocycles. The Bertz CT molecular complexity index is 556. The Labute approximate surface area is 123 Å². The summed E-state index contributed by atoms with van der Waals surface area (Å²) in [6.45, 7) is 3.42. The zero-order valence-electron chi connectivity index (χ0n) is 12.3. The lowest BCUT2D eigenvalue weighted by Crippen LogP contribution is -2.43. The third-order valence-electron chi connectivity index (χ3n) is 4.38. The van der Waals surface area contributed by atoms with Crippen LogP contribution in [0.3, 0.4) is 0 Å². The minimum Gasteiger partial charge on any atom is -0.374 e. The first kappa shape index (κ1) is 14.1. The quantitative estimate of drug-likeness (QED) is 0.813. The van der Waals surface area contributed by atoms with Gasteiger partial charge in [0.25, 0.3) is 0 Å². The Morgan fingerprint density at radius 2 is 2.33 bits per heavy atom. The van der Waals surface area contributed by atoms with Crippen molar-refractivity contribution in [2.24, 2.45) is 0 Å². The van der Waals surface area contributed by atoms with Gasteiger partial charge in [-0.2, -0.15) is 0 Å². The maximum absolute atomic E-state index is 12.4. The first-order chi connectivity index (χ1) is 10.1. The van der Waals surface area contributed by atoms with Crippen molar-refractivity contribution in [3.63, 3.8) is 0 Å². The van der Waals surface area contributed by atoms with Crippen molar-refractivity contribution in [1.82, 2.24) is 19.8 Å². The fourth-order valence-corrected chi connectivity index (χ4v) is 2.98. The van der Waals surface area contributed by atoms with Gasteiger partial charge in [-0.3, -0.25) is 9.59 Å². The molecule has 2 amide bonds. The highest BCUT2D eigenvalue weighted by atomic mass is 16.5. The van der Waals surface area contributed by atoms with Crippen LogP contribution in [0, 0.1) is 6.92 Å². The lowest BCUT2D eigenvalue weighted by atomic mass is 10.2. The molecule has 3 rings (SSSR count). The van der Waals surface area contributed by atoms with E-state index in [1.807, 2.05) is 6.92 Å². The average molecular weight is 292 g/mol. The first-order valence-corrected chi connectivity index (χ1v) is 7.20. The largest absolute Gasteiger partial charge is 0.374 e. The molecule has 7 heteroatoms. The number of nitrogens with one attached hydrogen (secondary N) is 1. The van der Waals surface area contributed by atoms with Crippen molar-refractivity contribution in [2.75, 3.05) is 26.7 Å². The van der Waals surface area contributed by atoms with Crippen molar-refractivity contribution in [3.05, 3.63) is 17.7 Å². The van der Waals surface area contributed by atoms with E-state index < -0.39 is 0 Å². The highest BCUT2D eigenvalue weighted by Gasteiger charge is 2.41. The number of ether oxygens (including phenoxy) is 1. The second-order valence-corrected chi connectivity index (χ2v) is 5.68. The van der Waals surface area contributed by atoms with Gasteiger partial charge in [-0.25, -0.2) is 4.98 Å². The van der Waals surface area contributed by atoms with Gasteiger partial charge in [-0.15, -0.1) is 0 Å². The third kappa shape index (κ3) is 2.65. The van der Waals surface area contributed by atoms with Crippen molar-refractivity contribution in [3.8, 4) is 0 Å². The van der Waals surface area contributed by atoms with E-state index in [2.05, 4.69) is 9.97 Å². The normalized spacial score (nSPS) is 25.9. The Balaban J connectivity index is 1.67. The number of hydrogen-bond acceptors (Lipinski definition) is 4. The summed E-state index contributed by atoms with van der Waals surface area (Å²) in [5.41, 5.74) is 1.69. The molecule has 21 heavy (non-hydrogen) atoms. The van der Waals surface area contributed by atoms with E-state index in [1.165, 1.54) is 0 Å². The number of rotatable bonds is 2. The van der Waals surface area contributed by atoms with Gasteiger partial charge < -0.3 is 19.5 Å². The summed E-state index contributed by atoms with van der Waals surface area (Å²) in [5.74, 6) is 0.114. The number of amides is 2. The number of aryl methyl sites for hydroxylation is 1. The van der Waals surface area contributed by atoms with Crippen LogP contribution in [0.25, 0.3) is 0 Å². The number of aromatic nitrogens is 2. The number of hydrogen-bond donors (Lipinski definition) is 1. The number of imidazole rings is 1. The summed E-state index contributed by atoms with van der Waals surface area (Å²) in [6, 6.07) is -0.0377. The van der Waals surface area contributed by atoms with Gasteiger partial charge in [0, 0.05) is 25.8 Å². The average Bonchev–Trinajstić information content (AvgIpc) is 3.02. The fraction of sp³-hybridized carbons (Fsp3) is 0.643. The molecule has 2 atom stereocenters. The number of carbonyl (C=O) groups excluding carboxylic acids is 2. The molecule has 1 aromatic heterocycles. The number of likely N-dealkylation sites (N-methyl/N-ethyl adjacent to an activating group) is 1. The molecule has 0 radical (unpaired) electrons. The lowest BCUT2D eigenvalue weighted by molar-refractivity contribution is -0.133. The first-order valence-electron chi connectivity index (χ1n) is 7.20. The fourth-order valence-electron chi connectivity index (χ4n) is 2.98. The van der Waals surface area contributed by atoms with E-state index >= 15 is 0 Å². The van der Waals surface area contributed by atoms with Crippen LogP contribution < -0.4 is 0 Å². The van der Waals surface area contributed by atoms with Crippen molar-refractivity contribution in [1.29, 1.82) is 0 Å². The number of likely N-dealkylation sites (tertiary alicyclic amines) is 1. The SMILES string of the molecule is Cc1[nH]cnc1CC(=O)N1C[C@@H]2OCCC(=O)N(C)[C@H]2C1. The molecular weight excluding hydrogens is 272 g/mol. The third-order valence-corrected chi connectivity index (χ3v) is 4.38. The molecule has 0 aromatic carbocycles. The van der Waals surface area contributed by atoms with E-state index in [0.717, 1.165) is 11.4 Å². The molecule has 1 N–H and O–H groups in total. The van der Waals surface area contributed by atoms with E-state index in [1.54, 1.807) is 23.2 Å². The zero-order chi connectivity index (χ0) is 15.0. The molecule has 7 nitrogen and oxygen atoms in total. The monoisotopic (exact) mass is 292 g/mol. The van der Waals surface area contributed by atoms with Gasteiger partial charge in [0.05, 0.1) is 43.6 Å². The van der Waals surface area contributed by atoms with Crippen LogP contribution in [0.15, 0.2) is 6.33 Å². The van der Waals surface area contributed by atoms with Crippen molar-refractivity contribution in [2.45, 2.75) is 31.9 Å². The minimum absolute atomic E-state index is 0.0303. The number of H-pyrrole nitrogens is 1. The maximum Gasteiger partial charge on any atom is 0.228 e. The lowest BCUT2D eigenvalue weighted by Gasteiger charge is -2.25. The highest BCUT2D eigenvalue weighted by Crippen LogP contribution is 2.22. The summed E-state index contributed by atoms with van der Waals surface area (Å²) >= 11 is 0. The standard InChI is InChI=1S/C14H20N4O3/c1-9-10(16-8-15-9)5-14(20)18-6-11-12(7-18)21-4-3-13(19)17(11)2/h8,11-12H,3-7H2,1-2H3,(H,15,16)/t11-,12-/m0/s1. The minimum atomic E-state index is -0.0781. The molecule has 2 fully saturated rings. The summed E-state index contributed by atoms with van der Waals surface area (Å²) in [4.78, 5) is 34.9. The van der Waals surface area contributed by atoms with Crippen LogP contribution in [0.2, 0.25) is 0 Å². The second-order valence-electron chi connectivity index (χ2n) is 5.68.